The molecule has 2 aliphatic rings. The van der Waals surface area contributed by atoms with E-state index in [4.69, 9.17) is 9.15 Å². The lowest BCUT2D eigenvalue weighted by Gasteiger charge is -2.24. The fourth-order valence-corrected chi connectivity index (χ4v) is 3.65. The number of methoxy groups -OCH3 is 1. The Kier molecular flexibility index (Phi) is 3.31. The van der Waals surface area contributed by atoms with E-state index in [9.17, 15) is 4.79 Å². The van der Waals surface area contributed by atoms with Crippen LogP contribution in [0.4, 0.5) is 0 Å². The van der Waals surface area contributed by atoms with Gasteiger partial charge in [-0.3, -0.25) is 9.69 Å². The highest BCUT2D eigenvalue weighted by Gasteiger charge is 2.48. The van der Waals surface area contributed by atoms with E-state index in [1.165, 1.54) is 20.0 Å². The summed E-state index contributed by atoms with van der Waals surface area (Å²) in [5.74, 6) is 2.46. The fourth-order valence-electron chi connectivity index (χ4n) is 3.65. The van der Waals surface area contributed by atoms with Gasteiger partial charge >= 0.3 is 5.97 Å². The molecule has 0 N–H and O–H groups in total. The van der Waals surface area contributed by atoms with Crippen molar-refractivity contribution < 1.29 is 13.9 Å². The van der Waals surface area contributed by atoms with Crippen LogP contribution in [-0.2, 0) is 16.1 Å². The second kappa shape index (κ2) is 4.96. The number of aromatic nitrogens is 1. The van der Waals surface area contributed by atoms with Crippen molar-refractivity contribution in [1.29, 1.82) is 0 Å². The number of oxazole rings is 1. The van der Waals surface area contributed by atoms with E-state index in [2.05, 4.69) is 9.88 Å². The Morgan fingerprint density at radius 3 is 3.11 bits per heavy atom. The first kappa shape index (κ1) is 12.7. The van der Waals surface area contributed by atoms with Crippen molar-refractivity contribution in [3.63, 3.8) is 0 Å². The minimum absolute atomic E-state index is 0.113. The monoisotopic (exact) mass is 264 g/mol. The molecule has 0 bridgehead atoms. The average Bonchev–Trinajstić information content (AvgIpc) is 3.05. The predicted molar refractivity (Wildman–Crippen MR) is 68.3 cm³/mol. The third kappa shape index (κ3) is 2.27. The van der Waals surface area contributed by atoms with E-state index < -0.39 is 0 Å². The maximum atomic E-state index is 12.0. The lowest BCUT2D eigenvalue weighted by Crippen LogP contribution is -2.40. The third-order valence-electron chi connectivity index (χ3n) is 4.44. The van der Waals surface area contributed by atoms with Crippen molar-refractivity contribution in [2.24, 2.45) is 11.8 Å². The molecule has 2 fully saturated rings. The van der Waals surface area contributed by atoms with E-state index in [1.54, 1.807) is 6.20 Å². The molecule has 5 heteroatoms. The Bertz CT molecular complexity index is 471. The summed E-state index contributed by atoms with van der Waals surface area (Å²) >= 11 is 0. The van der Waals surface area contributed by atoms with Gasteiger partial charge in [-0.2, -0.15) is 0 Å². The second-order valence-corrected chi connectivity index (χ2v) is 5.62. The van der Waals surface area contributed by atoms with E-state index in [0.29, 0.717) is 24.3 Å². The van der Waals surface area contributed by atoms with E-state index in [-0.39, 0.29) is 12.0 Å². The van der Waals surface area contributed by atoms with E-state index >= 15 is 0 Å². The first-order chi connectivity index (χ1) is 9.19. The van der Waals surface area contributed by atoms with Crippen LogP contribution in [0.3, 0.4) is 0 Å². The Morgan fingerprint density at radius 1 is 1.58 bits per heavy atom. The first-order valence-electron chi connectivity index (χ1n) is 6.92. The van der Waals surface area contributed by atoms with Crippen LogP contribution in [-0.4, -0.2) is 35.5 Å². The Hall–Kier alpha value is -1.36. The highest BCUT2D eigenvalue weighted by atomic mass is 16.5. The largest absolute Gasteiger partial charge is 0.468 e. The molecule has 104 valence electrons. The molecule has 1 saturated carbocycles. The summed E-state index contributed by atoms with van der Waals surface area (Å²) in [6.45, 7) is 3.43. The van der Waals surface area contributed by atoms with Crippen LogP contribution in [0, 0.1) is 18.8 Å². The molecule has 2 heterocycles. The molecule has 1 saturated heterocycles. The summed E-state index contributed by atoms with van der Waals surface area (Å²) < 4.78 is 10.5. The minimum Gasteiger partial charge on any atom is -0.468 e. The van der Waals surface area contributed by atoms with Crippen LogP contribution < -0.4 is 0 Å². The van der Waals surface area contributed by atoms with Gasteiger partial charge in [0.25, 0.3) is 0 Å². The molecule has 0 amide bonds. The number of hydrogen-bond acceptors (Lipinski definition) is 5. The number of carbonyl (C=O) groups is 1. The quantitative estimate of drug-likeness (QED) is 0.779. The van der Waals surface area contributed by atoms with Crippen molar-refractivity contribution in [2.75, 3.05) is 13.7 Å². The van der Waals surface area contributed by atoms with Crippen LogP contribution in [0.1, 0.15) is 30.9 Å². The summed E-state index contributed by atoms with van der Waals surface area (Å²) in [4.78, 5) is 18.5. The number of esters is 1. The number of carbonyl (C=O) groups excluding carboxylic acids is 1. The van der Waals surface area contributed by atoms with Gasteiger partial charge in [0.1, 0.15) is 11.8 Å². The molecule has 0 spiro atoms. The normalized spacial score (nSPS) is 30.5. The highest BCUT2D eigenvalue weighted by Crippen LogP contribution is 2.42. The number of likely N-dealkylation sites (tertiary alicyclic amines) is 1. The molecule has 1 aromatic heterocycles. The third-order valence-corrected chi connectivity index (χ3v) is 4.44. The number of rotatable bonds is 3. The maximum absolute atomic E-state index is 12.0. The van der Waals surface area contributed by atoms with Crippen LogP contribution in [0.15, 0.2) is 10.6 Å². The predicted octanol–water partition coefficient (Wildman–Crippen LogP) is 1.76. The van der Waals surface area contributed by atoms with Gasteiger partial charge in [-0.15, -0.1) is 0 Å². The first-order valence-corrected chi connectivity index (χ1v) is 6.92. The summed E-state index contributed by atoms with van der Waals surface area (Å²) in [7, 11) is 1.47. The minimum atomic E-state index is -0.121. The molecule has 3 atom stereocenters. The van der Waals surface area contributed by atoms with Crippen molar-refractivity contribution in [2.45, 2.75) is 38.8 Å². The van der Waals surface area contributed by atoms with Crippen molar-refractivity contribution in [1.82, 2.24) is 9.88 Å². The van der Waals surface area contributed by atoms with Gasteiger partial charge in [0.2, 0.25) is 5.89 Å². The topological polar surface area (TPSA) is 55.6 Å². The molecule has 19 heavy (non-hydrogen) atoms. The number of aryl methyl sites for hydroxylation is 1. The Labute approximate surface area is 112 Å². The number of nitrogens with zero attached hydrogens (tertiary/aromatic N) is 2. The summed E-state index contributed by atoms with van der Waals surface area (Å²) in [6.07, 6.45) is 5.30. The summed E-state index contributed by atoms with van der Waals surface area (Å²) in [6, 6.07) is -0.121. The zero-order chi connectivity index (χ0) is 13.4. The summed E-state index contributed by atoms with van der Waals surface area (Å²) in [5.41, 5.74) is 0. The van der Waals surface area contributed by atoms with Crippen molar-refractivity contribution in [3.8, 4) is 0 Å². The smallest absolute Gasteiger partial charge is 0.323 e. The van der Waals surface area contributed by atoms with Crippen LogP contribution in [0.25, 0.3) is 0 Å². The van der Waals surface area contributed by atoms with Gasteiger partial charge in [0.15, 0.2) is 0 Å². The average molecular weight is 264 g/mol. The zero-order valence-corrected chi connectivity index (χ0v) is 11.5. The standard InChI is InChI=1S/C14H20N2O3/c1-9-6-15-12(19-9)8-16-7-10-4-3-5-11(10)13(16)14(17)18-2/h6,10-11,13H,3-5,7-8H2,1-2H3. The lowest BCUT2D eigenvalue weighted by molar-refractivity contribution is -0.147. The van der Waals surface area contributed by atoms with Gasteiger partial charge in [0.05, 0.1) is 19.9 Å². The van der Waals surface area contributed by atoms with Crippen LogP contribution in [0.2, 0.25) is 0 Å². The second-order valence-electron chi connectivity index (χ2n) is 5.62. The van der Waals surface area contributed by atoms with Crippen molar-refractivity contribution >= 4 is 5.97 Å². The van der Waals surface area contributed by atoms with Gasteiger partial charge in [0, 0.05) is 6.54 Å². The van der Waals surface area contributed by atoms with Crippen molar-refractivity contribution in [3.05, 3.63) is 17.8 Å². The number of ether oxygens (including phenoxy) is 1. The van der Waals surface area contributed by atoms with Gasteiger partial charge < -0.3 is 9.15 Å². The molecule has 1 aliphatic carbocycles. The highest BCUT2D eigenvalue weighted by molar-refractivity contribution is 5.76. The number of hydrogen-bond donors (Lipinski definition) is 0. The molecule has 1 aromatic rings. The molecular formula is C14H20N2O3. The molecule has 0 radical (unpaired) electrons. The molecular weight excluding hydrogens is 244 g/mol. The number of fused-ring (bicyclic) bond motifs is 1. The van der Waals surface area contributed by atoms with E-state index in [0.717, 1.165) is 18.7 Å². The van der Waals surface area contributed by atoms with Crippen LogP contribution in [0.5, 0.6) is 0 Å². The fraction of sp³-hybridized carbons (Fsp3) is 0.714. The summed E-state index contributed by atoms with van der Waals surface area (Å²) in [5, 5.41) is 0. The van der Waals surface area contributed by atoms with Gasteiger partial charge in [-0.25, -0.2) is 4.98 Å². The van der Waals surface area contributed by atoms with Crippen LogP contribution >= 0.6 is 0 Å². The van der Waals surface area contributed by atoms with Gasteiger partial charge in [-0.1, -0.05) is 6.42 Å². The maximum Gasteiger partial charge on any atom is 0.323 e. The molecule has 1 aliphatic heterocycles. The Morgan fingerprint density at radius 2 is 2.42 bits per heavy atom. The lowest BCUT2D eigenvalue weighted by atomic mass is 9.94. The molecule has 0 aromatic carbocycles. The van der Waals surface area contributed by atoms with Gasteiger partial charge in [-0.05, 0) is 31.6 Å². The zero-order valence-electron chi connectivity index (χ0n) is 11.5. The van der Waals surface area contributed by atoms with E-state index in [1.807, 2.05) is 6.92 Å². The molecule has 3 rings (SSSR count). The SMILES string of the molecule is COC(=O)C1C2CCCC2CN1Cc1ncc(C)o1. The Balaban J connectivity index is 1.77. The molecule has 3 unspecified atom stereocenters. The molecule has 5 nitrogen and oxygen atoms in total.